The van der Waals surface area contributed by atoms with Crippen molar-refractivity contribution in [3.63, 3.8) is 0 Å². The van der Waals surface area contributed by atoms with E-state index in [0.29, 0.717) is 25.3 Å². The molecule has 1 fully saturated rings. The highest BCUT2D eigenvalue weighted by atomic mass is 16.6. The topological polar surface area (TPSA) is 102 Å². The Kier molecular flexibility index (Phi) is 6.78. The highest BCUT2D eigenvalue weighted by Gasteiger charge is 2.21. The predicted octanol–water partition coefficient (Wildman–Crippen LogP) is 3.38. The van der Waals surface area contributed by atoms with Gasteiger partial charge >= 0.3 is 5.97 Å². The van der Waals surface area contributed by atoms with Gasteiger partial charge in [0.15, 0.2) is 6.61 Å². The van der Waals surface area contributed by atoms with Crippen molar-refractivity contribution in [2.45, 2.75) is 25.8 Å². The molecule has 3 rings (SSSR count). The first-order valence-electron chi connectivity index (χ1n) is 9.56. The zero-order valence-electron chi connectivity index (χ0n) is 16.0. The smallest absolute Gasteiger partial charge is 0.338 e. The van der Waals surface area contributed by atoms with Crippen LogP contribution < -0.4 is 5.32 Å². The van der Waals surface area contributed by atoms with E-state index in [1.807, 2.05) is 30.3 Å². The van der Waals surface area contributed by atoms with Crippen LogP contribution in [0.5, 0.6) is 0 Å². The minimum atomic E-state index is -0.756. The number of anilines is 1. The van der Waals surface area contributed by atoms with Gasteiger partial charge in [-0.3, -0.25) is 14.9 Å². The Labute approximate surface area is 168 Å². The summed E-state index contributed by atoms with van der Waals surface area (Å²) in [7, 11) is 0. The molecule has 8 heteroatoms. The van der Waals surface area contributed by atoms with E-state index in [1.165, 1.54) is 18.2 Å². The summed E-state index contributed by atoms with van der Waals surface area (Å²) in [5.74, 6) is -0.998. The van der Waals surface area contributed by atoms with E-state index >= 15 is 0 Å². The van der Waals surface area contributed by atoms with Gasteiger partial charge in [-0.25, -0.2) is 4.79 Å². The van der Waals surface area contributed by atoms with Gasteiger partial charge in [-0.05, 0) is 37.0 Å². The fourth-order valence-electron chi connectivity index (χ4n) is 3.20. The number of nitro groups is 1. The van der Waals surface area contributed by atoms with Gasteiger partial charge in [-0.2, -0.15) is 0 Å². The monoisotopic (exact) mass is 397 g/mol. The maximum atomic E-state index is 12.3. The Morgan fingerprint density at radius 2 is 1.79 bits per heavy atom. The summed E-state index contributed by atoms with van der Waals surface area (Å²) in [5.41, 5.74) is 1.09. The van der Waals surface area contributed by atoms with Crippen LogP contribution in [0.1, 0.15) is 35.2 Å². The number of hydrogen-bond acceptors (Lipinski definition) is 6. The average molecular weight is 397 g/mol. The van der Waals surface area contributed by atoms with Crippen LogP contribution in [-0.2, 0) is 16.1 Å². The molecule has 2 aromatic carbocycles. The minimum Gasteiger partial charge on any atom is -0.452 e. The molecular formula is C21H23N3O5. The Balaban J connectivity index is 1.63. The molecule has 152 valence electrons. The quantitative estimate of drug-likeness (QED) is 0.437. The van der Waals surface area contributed by atoms with Gasteiger partial charge in [0.1, 0.15) is 5.69 Å². The average Bonchev–Trinajstić information content (AvgIpc) is 2.77. The number of nitro benzene ring substituents is 1. The van der Waals surface area contributed by atoms with E-state index in [1.54, 1.807) is 4.90 Å². The molecule has 1 N–H and O–H groups in total. The summed E-state index contributed by atoms with van der Waals surface area (Å²) in [6.45, 7) is 1.39. The van der Waals surface area contributed by atoms with E-state index in [4.69, 9.17) is 4.74 Å². The molecule has 1 aliphatic rings. The van der Waals surface area contributed by atoms with E-state index < -0.39 is 10.9 Å². The van der Waals surface area contributed by atoms with E-state index in [2.05, 4.69) is 5.32 Å². The van der Waals surface area contributed by atoms with Gasteiger partial charge in [0.05, 0.1) is 10.5 Å². The first-order valence-corrected chi connectivity index (χ1v) is 9.56. The third-order valence-corrected chi connectivity index (χ3v) is 4.79. The van der Waals surface area contributed by atoms with Gasteiger partial charge < -0.3 is 15.0 Å². The summed E-state index contributed by atoms with van der Waals surface area (Å²) in [6.07, 6.45) is 2.99. The number of nitrogens with one attached hydrogen (secondary N) is 1. The van der Waals surface area contributed by atoms with Gasteiger partial charge in [0.25, 0.3) is 11.6 Å². The molecule has 8 nitrogen and oxygen atoms in total. The molecule has 1 saturated heterocycles. The SMILES string of the molecule is O=C(OCC(=O)N1CCCCC1)c1ccc(NCc2ccccc2)c([N+](=O)[O-])c1. The lowest BCUT2D eigenvalue weighted by atomic mass is 10.1. The highest BCUT2D eigenvalue weighted by molar-refractivity contribution is 5.93. The number of carbonyl (C=O) groups is 2. The first-order chi connectivity index (χ1) is 14.0. The Morgan fingerprint density at radius 3 is 2.48 bits per heavy atom. The number of ether oxygens (including phenoxy) is 1. The summed E-state index contributed by atoms with van der Waals surface area (Å²) in [6, 6.07) is 13.6. The molecular weight excluding hydrogens is 374 g/mol. The van der Waals surface area contributed by atoms with Crippen LogP contribution in [0.2, 0.25) is 0 Å². The fourth-order valence-corrected chi connectivity index (χ4v) is 3.20. The zero-order chi connectivity index (χ0) is 20.6. The Morgan fingerprint density at radius 1 is 1.07 bits per heavy atom. The zero-order valence-corrected chi connectivity index (χ0v) is 16.0. The fraction of sp³-hybridized carbons (Fsp3) is 0.333. The molecule has 0 unspecified atom stereocenters. The number of amides is 1. The van der Waals surface area contributed by atoms with Crippen molar-refractivity contribution < 1.29 is 19.2 Å². The number of esters is 1. The molecule has 29 heavy (non-hydrogen) atoms. The molecule has 0 aromatic heterocycles. The normalized spacial score (nSPS) is 13.6. The van der Waals surface area contributed by atoms with Crippen LogP contribution in [0.15, 0.2) is 48.5 Å². The van der Waals surface area contributed by atoms with Crippen LogP contribution in [-0.4, -0.2) is 41.4 Å². The molecule has 0 atom stereocenters. The number of piperidine rings is 1. The molecule has 1 amide bonds. The molecule has 0 radical (unpaired) electrons. The molecule has 0 saturated carbocycles. The second-order valence-corrected chi connectivity index (χ2v) is 6.85. The van der Waals surface area contributed by atoms with Crippen molar-refractivity contribution in [3.05, 3.63) is 69.8 Å². The summed E-state index contributed by atoms with van der Waals surface area (Å²) in [4.78, 5) is 36.9. The second kappa shape index (κ2) is 9.68. The predicted molar refractivity (Wildman–Crippen MR) is 108 cm³/mol. The van der Waals surface area contributed by atoms with Crippen LogP contribution in [0.3, 0.4) is 0 Å². The number of hydrogen-bond donors (Lipinski definition) is 1. The molecule has 1 heterocycles. The van der Waals surface area contributed by atoms with Crippen LogP contribution in [0, 0.1) is 10.1 Å². The van der Waals surface area contributed by atoms with Crippen molar-refractivity contribution in [2.75, 3.05) is 25.0 Å². The molecule has 0 bridgehead atoms. The maximum absolute atomic E-state index is 12.3. The van der Waals surface area contributed by atoms with E-state index in [9.17, 15) is 19.7 Å². The van der Waals surface area contributed by atoms with E-state index in [0.717, 1.165) is 24.8 Å². The van der Waals surface area contributed by atoms with Crippen molar-refractivity contribution >= 4 is 23.3 Å². The number of benzene rings is 2. The Bertz CT molecular complexity index is 879. The highest BCUT2D eigenvalue weighted by Crippen LogP contribution is 2.26. The molecule has 2 aromatic rings. The van der Waals surface area contributed by atoms with Crippen LogP contribution >= 0.6 is 0 Å². The third kappa shape index (κ3) is 5.54. The lowest BCUT2D eigenvalue weighted by Crippen LogP contribution is -2.38. The van der Waals surface area contributed by atoms with Crippen molar-refractivity contribution in [2.24, 2.45) is 0 Å². The number of nitrogens with zero attached hydrogens (tertiary/aromatic N) is 2. The van der Waals surface area contributed by atoms with Crippen molar-refractivity contribution in [3.8, 4) is 0 Å². The summed E-state index contributed by atoms with van der Waals surface area (Å²) < 4.78 is 5.07. The first kappa shape index (κ1) is 20.3. The van der Waals surface area contributed by atoms with Crippen molar-refractivity contribution in [1.29, 1.82) is 0 Å². The molecule has 1 aliphatic heterocycles. The van der Waals surface area contributed by atoms with E-state index in [-0.39, 0.29) is 23.8 Å². The summed E-state index contributed by atoms with van der Waals surface area (Å²) in [5, 5.41) is 14.4. The van der Waals surface area contributed by atoms with Gasteiger partial charge in [-0.15, -0.1) is 0 Å². The lowest BCUT2D eigenvalue weighted by molar-refractivity contribution is -0.384. The maximum Gasteiger partial charge on any atom is 0.338 e. The van der Waals surface area contributed by atoms with Crippen LogP contribution in [0.25, 0.3) is 0 Å². The minimum absolute atomic E-state index is 0.0356. The number of likely N-dealkylation sites (tertiary alicyclic amines) is 1. The molecule has 0 aliphatic carbocycles. The second-order valence-electron chi connectivity index (χ2n) is 6.85. The third-order valence-electron chi connectivity index (χ3n) is 4.79. The Hall–Kier alpha value is -3.42. The van der Waals surface area contributed by atoms with Gasteiger partial charge in [0, 0.05) is 25.7 Å². The number of rotatable bonds is 7. The molecule has 0 spiro atoms. The lowest BCUT2D eigenvalue weighted by Gasteiger charge is -2.26. The largest absolute Gasteiger partial charge is 0.452 e. The van der Waals surface area contributed by atoms with Gasteiger partial charge in [0.2, 0.25) is 0 Å². The standard InChI is InChI=1S/C21H23N3O5/c25-20(23-11-5-2-6-12-23)15-29-21(26)17-9-10-18(19(13-17)24(27)28)22-14-16-7-3-1-4-8-16/h1,3-4,7-10,13,22H,2,5-6,11-12,14-15H2. The van der Waals surface area contributed by atoms with Gasteiger partial charge in [-0.1, -0.05) is 30.3 Å². The number of carbonyl (C=O) groups excluding carboxylic acids is 2. The van der Waals surface area contributed by atoms with Crippen molar-refractivity contribution in [1.82, 2.24) is 4.90 Å². The van der Waals surface area contributed by atoms with Crippen LogP contribution in [0.4, 0.5) is 11.4 Å². The summed E-state index contributed by atoms with van der Waals surface area (Å²) >= 11 is 0.